The molecule has 1 N–H and O–H groups in total. The molecule has 2 saturated carbocycles. The first-order valence-corrected chi connectivity index (χ1v) is 8.90. The van der Waals surface area contributed by atoms with Gasteiger partial charge in [-0.1, -0.05) is 26.2 Å². The lowest BCUT2D eigenvalue weighted by molar-refractivity contribution is 0.0337. The number of piperazine rings is 1. The molecule has 1 unspecified atom stereocenters. The van der Waals surface area contributed by atoms with Crippen molar-refractivity contribution in [1.82, 2.24) is 10.2 Å². The van der Waals surface area contributed by atoms with Crippen molar-refractivity contribution in [3.05, 3.63) is 0 Å². The van der Waals surface area contributed by atoms with Crippen LogP contribution in [-0.2, 0) is 4.74 Å². The zero-order chi connectivity index (χ0) is 13.8. The minimum absolute atomic E-state index is 0.453. The molecule has 0 aromatic carbocycles. The molecule has 3 fully saturated rings. The van der Waals surface area contributed by atoms with Crippen molar-refractivity contribution in [2.24, 2.45) is 5.92 Å². The van der Waals surface area contributed by atoms with Crippen LogP contribution in [0.25, 0.3) is 0 Å². The third kappa shape index (κ3) is 3.55. The molecule has 0 amide bonds. The van der Waals surface area contributed by atoms with Gasteiger partial charge < -0.3 is 10.1 Å². The molecule has 1 aliphatic heterocycles. The molecule has 116 valence electrons. The van der Waals surface area contributed by atoms with Gasteiger partial charge in [0.25, 0.3) is 0 Å². The fourth-order valence-electron chi connectivity index (χ4n) is 4.12. The Labute approximate surface area is 124 Å². The van der Waals surface area contributed by atoms with Gasteiger partial charge in [-0.15, -0.1) is 0 Å². The van der Waals surface area contributed by atoms with E-state index < -0.39 is 0 Å². The highest BCUT2D eigenvalue weighted by molar-refractivity contribution is 5.03. The van der Waals surface area contributed by atoms with Crippen molar-refractivity contribution in [2.45, 2.75) is 69.9 Å². The topological polar surface area (TPSA) is 24.5 Å². The van der Waals surface area contributed by atoms with Gasteiger partial charge in [0.2, 0.25) is 0 Å². The van der Waals surface area contributed by atoms with Crippen LogP contribution in [0.3, 0.4) is 0 Å². The minimum atomic E-state index is 0.453. The van der Waals surface area contributed by atoms with Crippen LogP contribution in [0.4, 0.5) is 0 Å². The molecule has 2 aliphatic carbocycles. The summed E-state index contributed by atoms with van der Waals surface area (Å²) in [5.41, 5.74) is 0.453. The lowest BCUT2D eigenvalue weighted by Gasteiger charge is -2.46. The third-order valence-corrected chi connectivity index (χ3v) is 5.55. The standard InChI is InChI=1S/C17H32N2O/c1-2-3-11-20-12-10-19-14-17(8-4-5-9-17)18-13-16(19)15-6-7-15/h15-16,18H,2-14H2,1H3. The van der Waals surface area contributed by atoms with Gasteiger partial charge in [0.15, 0.2) is 0 Å². The van der Waals surface area contributed by atoms with E-state index in [9.17, 15) is 0 Å². The Morgan fingerprint density at radius 1 is 1.20 bits per heavy atom. The van der Waals surface area contributed by atoms with E-state index in [1.54, 1.807) is 0 Å². The molecule has 20 heavy (non-hydrogen) atoms. The van der Waals surface area contributed by atoms with Crippen LogP contribution in [0.15, 0.2) is 0 Å². The molecule has 1 atom stereocenters. The normalized spacial score (nSPS) is 30.1. The summed E-state index contributed by atoms with van der Waals surface area (Å²) in [5, 5.41) is 3.92. The zero-order valence-corrected chi connectivity index (χ0v) is 13.2. The summed E-state index contributed by atoms with van der Waals surface area (Å²) in [6.07, 6.45) is 11.0. The molecule has 3 heteroatoms. The van der Waals surface area contributed by atoms with Crippen molar-refractivity contribution in [3.8, 4) is 0 Å². The van der Waals surface area contributed by atoms with Crippen LogP contribution < -0.4 is 5.32 Å². The molecule has 1 saturated heterocycles. The lowest BCUT2D eigenvalue weighted by Crippen LogP contribution is -2.64. The minimum Gasteiger partial charge on any atom is -0.380 e. The first-order valence-electron chi connectivity index (χ1n) is 8.90. The predicted molar refractivity (Wildman–Crippen MR) is 83.0 cm³/mol. The number of nitrogens with one attached hydrogen (secondary N) is 1. The van der Waals surface area contributed by atoms with E-state index in [1.165, 1.54) is 64.5 Å². The Hall–Kier alpha value is -0.120. The van der Waals surface area contributed by atoms with Gasteiger partial charge in [0, 0.05) is 37.8 Å². The number of unbranched alkanes of at least 4 members (excludes halogenated alkanes) is 1. The van der Waals surface area contributed by atoms with Gasteiger partial charge in [-0.05, 0) is 38.0 Å². The molecular weight excluding hydrogens is 248 g/mol. The summed E-state index contributed by atoms with van der Waals surface area (Å²) < 4.78 is 5.81. The van der Waals surface area contributed by atoms with Crippen LogP contribution in [0.2, 0.25) is 0 Å². The van der Waals surface area contributed by atoms with E-state index in [-0.39, 0.29) is 0 Å². The summed E-state index contributed by atoms with van der Waals surface area (Å²) in [7, 11) is 0. The number of nitrogens with zero attached hydrogens (tertiary/aromatic N) is 1. The fourth-order valence-corrected chi connectivity index (χ4v) is 4.12. The van der Waals surface area contributed by atoms with Crippen molar-refractivity contribution < 1.29 is 4.74 Å². The van der Waals surface area contributed by atoms with Crippen LogP contribution in [0.1, 0.15) is 58.3 Å². The quantitative estimate of drug-likeness (QED) is 0.726. The van der Waals surface area contributed by atoms with E-state index >= 15 is 0 Å². The third-order valence-electron chi connectivity index (χ3n) is 5.55. The number of ether oxygens (including phenoxy) is 1. The molecule has 3 aliphatic rings. The number of rotatable bonds is 7. The Bertz CT molecular complexity index is 297. The van der Waals surface area contributed by atoms with E-state index in [0.29, 0.717) is 5.54 Å². The number of hydrogen-bond acceptors (Lipinski definition) is 3. The average molecular weight is 280 g/mol. The maximum absolute atomic E-state index is 5.81. The Balaban J connectivity index is 1.49. The van der Waals surface area contributed by atoms with E-state index in [0.717, 1.165) is 31.7 Å². The van der Waals surface area contributed by atoms with Gasteiger partial charge in [-0.25, -0.2) is 0 Å². The Kier molecular flexibility index (Phi) is 5.00. The zero-order valence-electron chi connectivity index (χ0n) is 13.2. The number of hydrogen-bond donors (Lipinski definition) is 1. The highest BCUT2D eigenvalue weighted by Gasteiger charge is 2.45. The molecule has 3 nitrogen and oxygen atoms in total. The summed E-state index contributed by atoms with van der Waals surface area (Å²) in [5.74, 6) is 0.969. The molecule has 0 aromatic rings. The summed E-state index contributed by atoms with van der Waals surface area (Å²) in [6.45, 7) is 7.74. The van der Waals surface area contributed by atoms with Crippen molar-refractivity contribution in [1.29, 1.82) is 0 Å². The maximum Gasteiger partial charge on any atom is 0.0593 e. The SMILES string of the molecule is CCCCOCCN1CC2(CCCC2)NCC1C1CC1. The van der Waals surface area contributed by atoms with Crippen LogP contribution in [-0.4, -0.2) is 49.3 Å². The predicted octanol–water partition coefficient (Wildman–Crippen LogP) is 2.80. The molecule has 0 bridgehead atoms. The Morgan fingerprint density at radius 3 is 2.70 bits per heavy atom. The highest BCUT2D eigenvalue weighted by Crippen LogP contribution is 2.40. The summed E-state index contributed by atoms with van der Waals surface area (Å²) in [4.78, 5) is 2.77. The molecular formula is C17H32N2O. The molecule has 1 spiro atoms. The molecule has 0 aromatic heterocycles. The van der Waals surface area contributed by atoms with Crippen molar-refractivity contribution >= 4 is 0 Å². The van der Waals surface area contributed by atoms with Gasteiger partial charge in [-0.2, -0.15) is 0 Å². The van der Waals surface area contributed by atoms with Gasteiger partial charge in [0.1, 0.15) is 0 Å². The van der Waals surface area contributed by atoms with Gasteiger partial charge in [0.05, 0.1) is 6.61 Å². The largest absolute Gasteiger partial charge is 0.380 e. The Morgan fingerprint density at radius 2 is 2.00 bits per heavy atom. The highest BCUT2D eigenvalue weighted by atomic mass is 16.5. The summed E-state index contributed by atoms with van der Waals surface area (Å²) in [6, 6.07) is 0.788. The van der Waals surface area contributed by atoms with E-state index in [2.05, 4.69) is 17.1 Å². The second kappa shape index (κ2) is 6.76. The lowest BCUT2D eigenvalue weighted by atomic mass is 9.91. The van der Waals surface area contributed by atoms with Crippen molar-refractivity contribution in [3.63, 3.8) is 0 Å². The fraction of sp³-hybridized carbons (Fsp3) is 1.00. The van der Waals surface area contributed by atoms with Crippen LogP contribution in [0, 0.1) is 5.92 Å². The second-order valence-electron chi connectivity index (χ2n) is 7.21. The molecule has 3 rings (SSSR count). The molecule has 0 radical (unpaired) electrons. The second-order valence-corrected chi connectivity index (χ2v) is 7.21. The first-order chi connectivity index (χ1) is 9.83. The smallest absolute Gasteiger partial charge is 0.0593 e. The van der Waals surface area contributed by atoms with E-state index in [1.807, 2.05) is 0 Å². The van der Waals surface area contributed by atoms with Gasteiger partial charge in [-0.3, -0.25) is 4.90 Å². The van der Waals surface area contributed by atoms with E-state index in [4.69, 9.17) is 4.74 Å². The first kappa shape index (κ1) is 14.8. The van der Waals surface area contributed by atoms with Gasteiger partial charge >= 0.3 is 0 Å². The monoisotopic (exact) mass is 280 g/mol. The molecule has 1 heterocycles. The average Bonchev–Trinajstić information content (AvgIpc) is 3.20. The van der Waals surface area contributed by atoms with Crippen molar-refractivity contribution in [2.75, 3.05) is 32.8 Å². The summed E-state index contributed by atoms with van der Waals surface area (Å²) >= 11 is 0. The maximum atomic E-state index is 5.81. The van der Waals surface area contributed by atoms with Crippen LogP contribution in [0.5, 0.6) is 0 Å². The van der Waals surface area contributed by atoms with Crippen LogP contribution >= 0.6 is 0 Å².